The average molecular weight is 249 g/mol. The van der Waals surface area contributed by atoms with Gasteiger partial charge in [-0.2, -0.15) is 0 Å². The van der Waals surface area contributed by atoms with Gasteiger partial charge in [0.1, 0.15) is 0 Å². The van der Waals surface area contributed by atoms with Crippen molar-refractivity contribution in [3.05, 3.63) is 29.6 Å². The van der Waals surface area contributed by atoms with Crippen molar-refractivity contribution in [2.45, 2.75) is 38.8 Å². The maximum Gasteiger partial charge on any atom is 0.0740 e. The Labute approximate surface area is 108 Å². The van der Waals surface area contributed by atoms with Crippen LogP contribution in [0.15, 0.2) is 18.5 Å². The lowest BCUT2D eigenvalue weighted by Crippen LogP contribution is -2.29. The highest BCUT2D eigenvalue weighted by molar-refractivity contribution is 7.80. The number of pyridine rings is 1. The molecule has 1 aliphatic rings. The predicted molar refractivity (Wildman–Crippen MR) is 73.8 cm³/mol. The molecular weight excluding hydrogens is 230 g/mol. The topological polar surface area (TPSA) is 42.2 Å². The Kier molecular flexibility index (Phi) is 4.07. The molecule has 4 heteroatoms. The highest BCUT2D eigenvalue weighted by Gasteiger charge is 2.28. The molecule has 0 unspecified atom stereocenters. The molecule has 17 heavy (non-hydrogen) atoms. The Hall–Kier alpha value is -1.00. The van der Waals surface area contributed by atoms with Gasteiger partial charge in [0.2, 0.25) is 0 Å². The molecule has 0 bridgehead atoms. The summed E-state index contributed by atoms with van der Waals surface area (Å²) in [5.74, 6) is 0. The number of hydrogen-bond acceptors (Lipinski definition) is 3. The summed E-state index contributed by atoms with van der Waals surface area (Å²) in [4.78, 5) is 7.31. The summed E-state index contributed by atoms with van der Waals surface area (Å²) in [5.41, 5.74) is 8.06. The second-order valence-corrected chi connectivity index (χ2v) is 5.31. The Balaban J connectivity index is 1.95. The molecule has 1 aromatic heterocycles. The van der Waals surface area contributed by atoms with E-state index in [1.165, 1.54) is 24.0 Å². The first-order valence-electron chi connectivity index (χ1n) is 6.08. The predicted octanol–water partition coefficient (Wildman–Crippen LogP) is 2.03. The van der Waals surface area contributed by atoms with Gasteiger partial charge in [0.15, 0.2) is 0 Å². The van der Waals surface area contributed by atoms with Crippen molar-refractivity contribution < 1.29 is 0 Å². The van der Waals surface area contributed by atoms with E-state index in [1.54, 1.807) is 0 Å². The van der Waals surface area contributed by atoms with Crippen LogP contribution in [0.4, 0.5) is 0 Å². The summed E-state index contributed by atoms with van der Waals surface area (Å²) in [5, 5.41) is 0. The van der Waals surface area contributed by atoms with E-state index in [4.69, 9.17) is 18.0 Å². The van der Waals surface area contributed by atoms with Gasteiger partial charge in [-0.05, 0) is 30.9 Å². The van der Waals surface area contributed by atoms with Crippen LogP contribution < -0.4 is 5.73 Å². The number of nitrogens with two attached hydrogens (primary N) is 1. The van der Waals surface area contributed by atoms with Crippen molar-refractivity contribution in [3.63, 3.8) is 0 Å². The normalized spacial score (nSPS) is 15.2. The Morgan fingerprint density at radius 1 is 1.53 bits per heavy atom. The van der Waals surface area contributed by atoms with E-state index in [2.05, 4.69) is 22.9 Å². The van der Waals surface area contributed by atoms with Gasteiger partial charge >= 0.3 is 0 Å². The lowest BCUT2D eigenvalue weighted by molar-refractivity contribution is 0.262. The highest BCUT2D eigenvalue weighted by atomic mass is 32.1. The van der Waals surface area contributed by atoms with Gasteiger partial charge in [0, 0.05) is 37.9 Å². The van der Waals surface area contributed by atoms with E-state index in [0.717, 1.165) is 25.6 Å². The highest BCUT2D eigenvalue weighted by Crippen LogP contribution is 2.28. The molecule has 1 aliphatic carbocycles. The molecule has 2 N–H and O–H groups in total. The van der Waals surface area contributed by atoms with Gasteiger partial charge in [0.25, 0.3) is 0 Å². The fraction of sp³-hybridized carbons (Fsp3) is 0.538. The van der Waals surface area contributed by atoms with Crippen LogP contribution in [0.1, 0.15) is 30.4 Å². The van der Waals surface area contributed by atoms with E-state index in [1.807, 2.05) is 12.4 Å². The van der Waals surface area contributed by atoms with E-state index in [-0.39, 0.29) is 0 Å². The fourth-order valence-electron chi connectivity index (χ4n) is 2.02. The van der Waals surface area contributed by atoms with Crippen molar-refractivity contribution in [3.8, 4) is 0 Å². The minimum Gasteiger partial charge on any atom is -0.393 e. The van der Waals surface area contributed by atoms with E-state index >= 15 is 0 Å². The summed E-state index contributed by atoms with van der Waals surface area (Å²) in [6, 6.07) is 2.92. The molecule has 0 saturated heterocycles. The number of nitrogens with zero attached hydrogens (tertiary/aromatic N) is 2. The molecule has 3 nitrogen and oxygen atoms in total. The maximum absolute atomic E-state index is 5.57. The molecule has 2 rings (SSSR count). The monoisotopic (exact) mass is 249 g/mol. The fourth-order valence-corrected chi connectivity index (χ4v) is 2.11. The third kappa shape index (κ3) is 4.06. The second-order valence-electron chi connectivity index (χ2n) is 4.79. The molecule has 0 aliphatic heterocycles. The van der Waals surface area contributed by atoms with Crippen LogP contribution in [-0.2, 0) is 6.54 Å². The zero-order valence-electron chi connectivity index (χ0n) is 10.2. The van der Waals surface area contributed by atoms with Crippen molar-refractivity contribution in [1.82, 2.24) is 9.88 Å². The first-order chi connectivity index (χ1) is 8.15. The van der Waals surface area contributed by atoms with E-state index in [9.17, 15) is 0 Å². The third-order valence-corrected chi connectivity index (χ3v) is 3.23. The van der Waals surface area contributed by atoms with E-state index < -0.39 is 0 Å². The Bertz CT molecular complexity index is 401. The molecule has 0 radical (unpaired) electrons. The van der Waals surface area contributed by atoms with Gasteiger partial charge in [0.05, 0.1) is 4.99 Å². The number of hydrogen-bond donors (Lipinski definition) is 1. The van der Waals surface area contributed by atoms with Gasteiger partial charge in [-0.1, -0.05) is 18.3 Å². The smallest absolute Gasteiger partial charge is 0.0740 e. The number of aromatic nitrogens is 1. The van der Waals surface area contributed by atoms with Gasteiger partial charge in [-0.15, -0.1) is 0 Å². The molecule has 1 fully saturated rings. The largest absolute Gasteiger partial charge is 0.393 e. The molecule has 1 heterocycles. The SMILES string of the molecule is Cc1cncc(CN(CCC(N)=S)C2CC2)c1. The molecule has 0 aromatic carbocycles. The van der Waals surface area contributed by atoms with Crippen LogP contribution in [0.25, 0.3) is 0 Å². The minimum atomic E-state index is 0.609. The van der Waals surface area contributed by atoms with Crippen molar-refractivity contribution >= 4 is 17.2 Å². The average Bonchev–Trinajstić information content (AvgIpc) is 3.07. The van der Waals surface area contributed by atoms with Gasteiger partial charge in [-0.25, -0.2) is 0 Å². The standard InChI is InChI=1S/C13H19N3S/c1-10-6-11(8-15-7-10)9-16(12-2-3-12)5-4-13(14)17/h6-8,12H,2-5,9H2,1H3,(H2,14,17). The Morgan fingerprint density at radius 2 is 2.29 bits per heavy atom. The molecular formula is C13H19N3S. The summed E-state index contributed by atoms with van der Waals surface area (Å²) >= 11 is 4.95. The number of rotatable bonds is 6. The quantitative estimate of drug-likeness (QED) is 0.783. The lowest BCUT2D eigenvalue weighted by atomic mass is 10.2. The molecule has 0 amide bonds. The van der Waals surface area contributed by atoms with Crippen LogP contribution in [0.5, 0.6) is 0 Å². The summed E-state index contributed by atoms with van der Waals surface area (Å²) in [7, 11) is 0. The summed E-state index contributed by atoms with van der Waals surface area (Å²) in [6.07, 6.45) is 7.25. The first kappa shape index (κ1) is 12.5. The molecule has 92 valence electrons. The van der Waals surface area contributed by atoms with Crippen molar-refractivity contribution in [2.24, 2.45) is 5.73 Å². The zero-order valence-corrected chi connectivity index (χ0v) is 11.0. The van der Waals surface area contributed by atoms with Crippen LogP contribution >= 0.6 is 12.2 Å². The maximum atomic E-state index is 5.57. The second kappa shape index (κ2) is 5.56. The van der Waals surface area contributed by atoms with Crippen molar-refractivity contribution in [1.29, 1.82) is 0 Å². The number of aryl methyl sites for hydroxylation is 1. The third-order valence-electron chi connectivity index (χ3n) is 3.03. The van der Waals surface area contributed by atoms with E-state index in [0.29, 0.717) is 4.99 Å². The minimum absolute atomic E-state index is 0.609. The zero-order chi connectivity index (χ0) is 12.3. The number of thiocarbonyl (C=S) groups is 1. The molecule has 0 atom stereocenters. The Morgan fingerprint density at radius 3 is 2.88 bits per heavy atom. The van der Waals surface area contributed by atoms with Crippen molar-refractivity contribution in [2.75, 3.05) is 6.54 Å². The van der Waals surface area contributed by atoms with Gasteiger partial charge in [-0.3, -0.25) is 9.88 Å². The molecule has 0 spiro atoms. The lowest BCUT2D eigenvalue weighted by Gasteiger charge is -2.21. The summed E-state index contributed by atoms with van der Waals surface area (Å²) < 4.78 is 0. The van der Waals surface area contributed by atoms with Crippen LogP contribution in [0, 0.1) is 6.92 Å². The van der Waals surface area contributed by atoms with Crippen LogP contribution in [0.2, 0.25) is 0 Å². The first-order valence-corrected chi connectivity index (χ1v) is 6.49. The van der Waals surface area contributed by atoms with Crippen LogP contribution in [-0.4, -0.2) is 27.5 Å². The molecule has 1 aromatic rings. The van der Waals surface area contributed by atoms with Crippen LogP contribution in [0.3, 0.4) is 0 Å². The molecule has 1 saturated carbocycles. The van der Waals surface area contributed by atoms with Gasteiger partial charge < -0.3 is 5.73 Å². The summed E-state index contributed by atoms with van der Waals surface area (Å²) in [6.45, 7) is 4.00.